The van der Waals surface area contributed by atoms with Crippen LogP contribution in [0, 0.1) is 16.7 Å². The third-order valence-corrected chi connectivity index (χ3v) is 8.97. The molecule has 4 aliphatic rings. The largest absolute Gasteiger partial charge is 0.351 e. The van der Waals surface area contributed by atoms with Gasteiger partial charge < -0.3 is 10.6 Å². The van der Waals surface area contributed by atoms with Crippen molar-refractivity contribution in [2.45, 2.75) is 46.5 Å². The Kier molecular flexibility index (Phi) is 6.99. The lowest BCUT2D eigenvalue weighted by atomic mass is 9.52. The predicted octanol–water partition coefficient (Wildman–Crippen LogP) is 8.08. The first-order valence-electron chi connectivity index (χ1n) is 13.7. The topological polar surface area (TPSA) is 29.3 Å². The molecule has 1 heterocycles. The number of fused-ring (bicyclic) bond motifs is 2. The van der Waals surface area contributed by atoms with Crippen LogP contribution in [-0.4, -0.2) is 18.0 Å². The van der Waals surface area contributed by atoms with Crippen LogP contribution in [0.2, 0.25) is 0 Å². The van der Waals surface area contributed by atoms with Gasteiger partial charge in [-0.1, -0.05) is 93.7 Å². The van der Waals surface area contributed by atoms with Gasteiger partial charge >= 0.3 is 0 Å². The maximum absolute atomic E-state index is 5.91. The van der Waals surface area contributed by atoms with Crippen LogP contribution in [0.3, 0.4) is 0 Å². The highest BCUT2D eigenvalue weighted by Gasteiger charge is 2.53. The summed E-state index contributed by atoms with van der Waals surface area (Å²) in [5.41, 5.74) is 17.3. The minimum Gasteiger partial charge on any atom is -0.351 e. The molecule has 1 aromatic rings. The minimum atomic E-state index is 0.135. The quantitative estimate of drug-likeness (QED) is 0.329. The predicted molar refractivity (Wildman–Crippen MR) is 158 cm³/mol. The van der Waals surface area contributed by atoms with Crippen molar-refractivity contribution < 1.29 is 0 Å². The lowest BCUT2D eigenvalue weighted by Crippen LogP contribution is -2.55. The average molecular weight is 489 g/mol. The van der Waals surface area contributed by atoms with Gasteiger partial charge in [-0.25, -0.2) is 0 Å². The van der Waals surface area contributed by atoms with E-state index in [4.69, 9.17) is 5.73 Å². The Morgan fingerprint density at radius 1 is 1.24 bits per heavy atom. The first-order chi connectivity index (χ1) is 17.9. The fourth-order valence-electron chi connectivity index (χ4n) is 6.67. The summed E-state index contributed by atoms with van der Waals surface area (Å²) in [7, 11) is 0. The Morgan fingerprint density at radius 2 is 2.11 bits per heavy atom. The van der Waals surface area contributed by atoms with Crippen LogP contribution in [0.15, 0.2) is 108 Å². The third kappa shape index (κ3) is 4.50. The maximum atomic E-state index is 5.91. The second-order valence-corrected chi connectivity index (χ2v) is 11.4. The van der Waals surface area contributed by atoms with Crippen molar-refractivity contribution in [2.75, 3.05) is 13.1 Å². The van der Waals surface area contributed by atoms with Crippen molar-refractivity contribution in [3.05, 3.63) is 124 Å². The van der Waals surface area contributed by atoms with E-state index in [1.807, 2.05) is 0 Å². The van der Waals surface area contributed by atoms with Crippen LogP contribution in [0.4, 0.5) is 0 Å². The molecule has 2 N–H and O–H groups in total. The summed E-state index contributed by atoms with van der Waals surface area (Å²) in [4.78, 5) is 2.51. The Morgan fingerprint density at radius 3 is 2.86 bits per heavy atom. The van der Waals surface area contributed by atoms with Gasteiger partial charge in [0, 0.05) is 36.0 Å². The normalized spacial score (nSPS) is 26.7. The molecule has 0 amide bonds. The zero-order valence-electron chi connectivity index (χ0n) is 22.7. The van der Waals surface area contributed by atoms with Crippen LogP contribution < -0.4 is 5.73 Å². The molecule has 1 aromatic carbocycles. The maximum Gasteiger partial charge on any atom is 0.0321 e. The van der Waals surface area contributed by atoms with Crippen LogP contribution in [-0.2, 0) is 0 Å². The van der Waals surface area contributed by atoms with Gasteiger partial charge in [0.25, 0.3) is 0 Å². The Balaban J connectivity index is 1.52. The van der Waals surface area contributed by atoms with Crippen molar-refractivity contribution in [2.24, 2.45) is 22.5 Å². The van der Waals surface area contributed by atoms with Crippen LogP contribution >= 0.6 is 0 Å². The average Bonchev–Trinajstić information content (AvgIpc) is 3.39. The van der Waals surface area contributed by atoms with E-state index in [2.05, 4.69) is 136 Å². The van der Waals surface area contributed by atoms with Crippen molar-refractivity contribution in [1.82, 2.24) is 4.90 Å². The standard InChI is InChI=1S/C35H40N2/c1-5-22-37-25-35(19-7-6-8-20-35)34(3,4)32-18-17-29(24-33(32)37)28(14-11-21-36)23-26(2)30-15-9-12-27-13-10-16-31(27)30/h5-9,11-17,19,22-24,26,32H,18,20-21,25,36H2,1-4H3/b14-11?,22-5+,28-23+. The SMILES string of the molecule is C/C=C/N1CC2(C=CC=CC2)C(C)(C)C2CC=C(/C(C=CCN)=C/C(C)c3cccc4c3C=C=C4)C=C21. The van der Waals surface area contributed by atoms with Gasteiger partial charge in [-0.05, 0) is 77.4 Å². The number of piperidine rings is 1. The second kappa shape index (κ2) is 10.2. The fraction of sp³-hybridized carbons (Fsp3) is 0.343. The van der Waals surface area contributed by atoms with E-state index in [1.54, 1.807) is 0 Å². The number of hydrogen-bond acceptors (Lipinski definition) is 2. The van der Waals surface area contributed by atoms with Gasteiger partial charge in [-0.3, -0.25) is 0 Å². The smallest absolute Gasteiger partial charge is 0.0321 e. The summed E-state index contributed by atoms with van der Waals surface area (Å²) in [6.45, 7) is 10.9. The molecule has 3 aliphatic carbocycles. The molecule has 5 rings (SSSR count). The van der Waals surface area contributed by atoms with E-state index in [0.29, 0.717) is 12.5 Å². The molecule has 0 radical (unpaired) electrons. The van der Waals surface area contributed by atoms with Gasteiger partial charge in [0.1, 0.15) is 0 Å². The summed E-state index contributed by atoms with van der Waals surface area (Å²) >= 11 is 0. The van der Waals surface area contributed by atoms with E-state index in [1.165, 1.54) is 33.5 Å². The third-order valence-electron chi connectivity index (χ3n) is 8.97. The number of benzene rings is 1. The molecule has 190 valence electrons. The highest BCUT2D eigenvalue weighted by molar-refractivity contribution is 5.75. The summed E-state index contributed by atoms with van der Waals surface area (Å²) in [6.07, 6.45) is 31.6. The summed E-state index contributed by atoms with van der Waals surface area (Å²) in [5, 5.41) is 0. The van der Waals surface area contributed by atoms with Gasteiger partial charge in [-0.15, -0.1) is 5.73 Å². The first-order valence-corrected chi connectivity index (χ1v) is 13.7. The molecular weight excluding hydrogens is 448 g/mol. The zero-order chi connectivity index (χ0) is 26.0. The van der Waals surface area contributed by atoms with Gasteiger partial charge in [0.05, 0.1) is 0 Å². The monoisotopic (exact) mass is 488 g/mol. The van der Waals surface area contributed by atoms with E-state index in [0.717, 1.165) is 19.4 Å². The van der Waals surface area contributed by atoms with Crippen LogP contribution in [0.25, 0.3) is 12.2 Å². The number of likely N-dealkylation sites (tertiary alicyclic amines) is 1. The minimum absolute atomic E-state index is 0.135. The van der Waals surface area contributed by atoms with E-state index < -0.39 is 0 Å². The molecule has 3 atom stereocenters. The molecule has 2 nitrogen and oxygen atoms in total. The molecule has 1 fully saturated rings. The van der Waals surface area contributed by atoms with Gasteiger partial charge in [-0.2, -0.15) is 0 Å². The molecular formula is C35H40N2. The first kappa shape index (κ1) is 25.3. The molecule has 2 heteroatoms. The number of nitrogens with zero attached hydrogens (tertiary/aromatic N) is 1. The molecule has 0 saturated carbocycles. The molecule has 1 aliphatic heterocycles. The van der Waals surface area contributed by atoms with Crippen molar-refractivity contribution in [3.8, 4) is 0 Å². The Hall–Kier alpha value is -3.32. The molecule has 37 heavy (non-hydrogen) atoms. The molecule has 3 unspecified atom stereocenters. The van der Waals surface area contributed by atoms with E-state index in [-0.39, 0.29) is 16.7 Å². The van der Waals surface area contributed by atoms with Crippen molar-refractivity contribution in [1.29, 1.82) is 0 Å². The van der Waals surface area contributed by atoms with Crippen molar-refractivity contribution >= 4 is 12.2 Å². The van der Waals surface area contributed by atoms with E-state index >= 15 is 0 Å². The summed E-state index contributed by atoms with van der Waals surface area (Å²) in [6, 6.07) is 6.57. The second-order valence-electron chi connectivity index (χ2n) is 11.4. The number of nitrogens with two attached hydrogens (primary N) is 1. The van der Waals surface area contributed by atoms with Crippen LogP contribution in [0.1, 0.15) is 63.1 Å². The number of allylic oxidation sites excluding steroid dienone is 11. The number of rotatable bonds is 6. The van der Waals surface area contributed by atoms with Crippen molar-refractivity contribution in [3.63, 3.8) is 0 Å². The van der Waals surface area contributed by atoms with E-state index in [9.17, 15) is 0 Å². The summed E-state index contributed by atoms with van der Waals surface area (Å²) in [5.74, 6) is 0.730. The van der Waals surface area contributed by atoms with Gasteiger partial charge in [0.2, 0.25) is 0 Å². The Bertz CT molecular complexity index is 1330. The lowest BCUT2D eigenvalue weighted by Gasteiger charge is -2.58. The highest BCUT2D eigenvalue weighted by Crippen LogP contribution is 2.58. The molecule has 1 spiro atoms. The Labute approximate surface area is 223 Å². The zero-order valence-corrected chi connectivity index (χ0v) is 22.7. The highest BCUT2D eigenvalue weighted by atomic mass is 15.2. The molecule has 0 bridgehead atoms. The lowest BCUT2D eigenvalue weighted by molar-refractivity contribution is -0.000542. The fourth-order valence-corrected chi connectivity index (χ4v) is 6.67. The van der Waals surface area contributed by atoms with Crippen LogP contribution in [0.5, 0.6) is 0 Å². The van der Waals surface area contributed by atoms with Gasteiger partial charge in [0.15, 0.2) is 0 Å². The summed E-state index contributed by atoms with van der Waals surface area (Å²) < 4.78 is 0. The number of hydrogen-bond donors (Lipinski definition) is 1. The molecule has 0 aromatic heterocycles. The molecule has 1 saturated heterocycles.